The van der Waals surface area contributed by atoms with Crippen molar-refractivity contribution in [2.24, 2.45) is 0 Å². The summed E-state index contributed by atoms with van der Waals surface area (Å²) in [7, 11) is 0. The average molecular weight is 444 g/mol. The number of ether oxygens (including phenoxy) is 2. The number of benzene rings is 2. The molecule has 0 aliphatic rings. The number of nitrogens with one attached hydrogen (secondary N) is 1. The number of aromatic nitrogens is 4. The third kappa shape index (κ3) is 5.94. The molecule has 8 nitrogen and oxygen atoms in total. The molecule has 33 heavy (non-hydrogen) atoms. The highest BCUT2D eigenvalue weighted by Gasteiger charge is 2.18. The Kier molecular flexibility index (Phi) is 7.27. The van der Waals surface area contributed by atoms with Gasteiger partial charge in [0.1, 0.15) is 19.3 Å². The SMILES string of the molecule is CCOc1cc(C(=O)NC(Cn2cncn2)c2ccccc2)ccc1OCc1ccncc1. The summed E-state index contributed by atoms with van der Waals surface area (Å²) in [4.78, 5) is 21.2. The lowest BCUT2D eigenvalue weighted by atomic mass is 10.1. The number of rotatable bonds is 10. The lowest BCUT2D eigenvalue weighted by Crippen LogP contribution is -2.31. The fourth-order valence-corrected chi connectivity index (χ4v) is 3.35. The van der Waals surface area contributed by atoms with Gasteiger partial charge in [0.05, 0.1) is 19.2 Å². The van der Waals surface area contributed by atoms with E-state index < -0.39 is 0 Å². The third-order valence-electron chi connectivity index (χ3n) is 4.99. The summed E-state index contributed by atoms with van der Waals surface area (Å²) < 4.78 is 13.4. The number of carbonyl (C=O) groups excluding carboxylic acids is 1. The quantitative estimate of drug-likeness (QED) is 0.401. The Morgan fingerprint density at radius 2 is 1.82 bits per heavy atom. The summed E-state index contributed by atoms with van der Waals surface area (Å²) in [6, 6.07) is 18.5. The second kappa shape index (κ2) is 10.9. The minimum atomic E-state index is -0.279. The Morgan fingerprint density at radius 3 is 2.55 bits per heavy atom. The largest absolute Gasteiger partial charge is 0.490 e. The third-order valence-corrected chi connectivity index (χ3v) is 4.99. The van der Waals surface area contributed by atoms with Crippen LogP contribution in [0.2, 0.25) is 0 Å². The first kappa shape index (κ1) is 22.0. The molecule has 0 saturated carbocycles. The molecule has 0 bridgehead atoms. The number of pyridine rings is 1. The Hall–Kier alpha value is -4.20. The van der Waals surface area contributed by atoms with Gasteiger partial charge in [0.25, 0.3) is 5.91 Å². The minimum Gasteiger partial charge on any atom is -0.490 e. The molecule has 4 aromatic rings. The maximum Gasteiger partial charge on any atom is 0.251 e. The lowest BCUT2D eigenvalue weighted by Gasteiger charge is -2.20. The van der Waals surface area contributed by atoms with Gasteiger partial charge >= 0.3 is 0 Å². The number of nitrogens with zero attached hydrogens (tertiary/aromatic N) is 4. The van der Waals surface area contributed by atoms with Gasteiger partial charge < -0.3 is 14.8 Å². The van der Waals surface area contributed by atoms with E-state index in [4.69, 9.17) is 9.47 Å². The molecule has 1 amide bonds. The molecule has 2 aromatic heterocycles. The van der Waals surface area contributed by atoms with E-state index in [-0.39, 0.29) is 11.9 Å². The molecule has 8 heteroatoms. The molecule has 0 fully saturated rings. The maximum atomic E-state index is 13.1. The Morgan fingerprint density at radius 1 is 1.00 bits per heavy atom. The normalized spacial score (nSPS) is 11.5. The van der Waals surface area contributed by atoms with E-state index >= 15 is 0 Å². The van der Waals surface area contributed by atoms with Gasteiger partial charge in [-0.25, -0.2) is 4.98 Å². The zero-order valence-electron chi connectivity index (χ0n) is 18.3. The smallest absolute Gasteiger partial charge is 0.251 e. The first-order valence-corrected chi connectivity index (χ1v) is 10.7. The van der Waals surface area contributed by atoms with Crippen LogP contribution in [0.4, 0.5) is 0 Å². The minimum absolute atomic E-state index is 0.217. The van der Waals surface area contributed by atoms with Crippen LogP contribution in [0.25, 0.3) is 0 Å². The van der Waals surface area contributed by atoms with Crippen molar-refractivity contribution in [3.05, 3.63) is 102 Å². The summed E-state index contributed by atoms with van der Waals surface area (Å²) >= 11 is 0. The van der Waals surface area contributed by atoms with E-state index in [1.807, 2.05) is 49.4 Å². The summed E-state index contributed by atoms with van der Waals surface area (Å²) in [5, 5.41) is 7.27. The maximum absolute atomic E-state index is 13.1. The molecule has 0 radical (unpaired) electrons. The molecule has 2 aromatic carbocycles. The van der Waals surface area contributed by atoms with E-state index in [1.54, 1.807) is 41.6 Å². The molecular weight excluding hydrogens is 418 g/mol. The van der Waals surface area contributed by atoms with Crippen LogP contribution in [0, 0.1) is 0 Å². The van der Waals surface area contributed by atoms with Crippen LogP contribution in [0.5, 0.6) is 11.5 Å². The van der Waals surface area contributed by atoms with Crippen LogP contribution in [0.3, 0.4) is 0 Å². The molecular formula is C25H25N5O3. The van der Waals surface area contributed by atoms with Gasteiger partial charge in [-0.3, -0.25) is 14.5 Å². The van der Waals surface area contributed by atoms with Gasteiger partial charge in [-0.2, -0.15) is 5.10 Å². The molecule has 0 saturated heterocycles. The van der Waals surface area contributed by atoms with E-state index in [2.05, 4.69) is 20.4 Å². The molecule has 0 aliphatic carbocycles. The fraction of sp³-hybridized carbons (Fsp3) is 0.200. The molecule has 2 heterocycles. The van der Waals surface area contributed by atoms with Crippen LogP contribution in [-0.2, 0) is 13.2 Å². The molecule has 1 unspecified atom stereocenters. The standard InChI is InChI=1S/C25H25N5O3/c1-2-32-24-14-21(8-9-23(24)33-16-19-10-12-26-13-11-19)25(31)29-22(15-30-18-27-17-28-30)20-6-4-3-5-7-20/h3-14,17-18,22H,2,15-16H2,1H3,(H,29,31). The average Bonchev–Trinajstić information content (AvgIpc) is 3.37. The Labute approximate surface area is 192 Å². The van der Waals surface area contributed by atoms with Crippen molar-refractivity contribution >= 4 is 5.91 Å². The van der Waals surface area contributed by atoms with E-state index in [9.17, 15) is 4.79 Å². The predicted molar refractivity (Wildman–Crippen MR) is 123 cm³/mol. The molecule has 168 valence electrons. The zero-order chi connectivity index (χ0) is 22.9. The summed E-state index contributed by atoms with van der Waals surface area (Å²) in [6.45, 7) is 3.18. The van der Waals surface area contributed by atoms with Crippen molar-refractivity contribution in [3.8, 4) is 11.5 Å². The molecule has 0 spiro atoms. The van der Waals surface area contributed by atoms with E-state index in [0.717, 1.165) is 11.1 Å². The number of carbonyl (C=O) groups is 1. The van der Waals surface area contributed by atoms with Gasteiger partial charge in [0, 0.05) is 18.0 Å². The van der Waals surface area contributed by atoms with Crippen LogP contribution in [-0.4, -0.2) is 32.3 Å². The zero-order valence-corrected chi connectivity index (χ0v) is 18.3. The van der Waals surface area contributed by atoms with Crippen molar-refractivity contribution in [1.29, 1.82) is 0 Å². The Bertz CT molecular complexity index is 1150. The van der Waals surface area contributed by atoms with Crippen molar-refractivity contribution < 1.29 is 14.3 Å². The molecule has 0 aliphatic heterocycles. The highest BCUT2D eigenvalue weighted by atomic mass is 16.5. The number of hydrogen-bond donors (Lipinski definition) is 1. The van der Waals surface area contributed by atoms with Gasteiger partial charge in [-0.05, 0) is 48.4 Å². The highest BCUT2D eigenvalue weighted by Crippen LogP contribution is 2.29. The lowest BCUT2D eigenvalue weighted by molar-refractivity contribution is 0.0931. The van der Waals surface area contributed by atoms with E-state index in [1.165, 1.54) is 6.33 Å². The van der Waals surface area contributed by atoms with Crippen molar-refractivity contribution in [2.75, 3.05) is 6.61 Å². The van der Waals surface area contributed by atoms with Crippen LogP contribution in [0.15, 0.2) is 85.7 Å². The van der Waals surface area contributed by atoms with E-state index in [0.29, 0.717) is 36.8 Å². The predicted octanol–water partition coefficient (Wildman–Crippen LogP) is 3.82. The van der Waals surface area contributed by atoms with Crippen LogP contribution < -0.4 is 14.8 Å². The second-order valence-electron chi connectivity index (χ2n) is 7.29. The first-order valence-electron chi connectivity index (χ1n) is 10.7. The van der Waals surface area contributed by atoms with Gasteiger partial charge in [0.15, 0.2) is 11.5 Å². The number of hydrogen-bond acceptors (Lipinski definition) is 6. The summed E-state index contributed by atoms with van der Waals surface area (Å²) in [6.07, 6.45) is 6.54. The van der Waals surface area contributed by atoms with Gasteiger partial charge in [-0.1, -0.05) is 30.3 Å². The topological polar surface area (TPSA) is 91.2 Å². The first-order chi connectivity index (χ1) is 16.2. The monoisotopic (exact) mass is 443 g/mol. The molecule has 4 rings (SSSR count). The highest BCUT2D eigenvalue weighted by molar-refractivity contribution is 5.95. The molecule has 1 atom stereocenters. The van der Waals surface area contributed by atoms with Gasteiger partial charge in [-0.15, -0.1) is 0 Å². The fourth-order valence-electron chi connectivity index (χ4n) is 3.35. The summed E-state index contributed by atoms with van der Waals surface area (Å²) in [5.41, 5.74) is 2.45. The van der Waals surface area contributed by atoms with Crippen molar-refractivity contribution in [1.82, 2.24) is 25.1 Å². The number of amides is 1. The van der Waals surface area contributed by atoms with Crippen molar-refractivity contribution in [2.45, 2.75) is 26.1 Å². The summed E-state index contributed by atoms with van der Waals surface area (Å²) in [5.74, 6) is 0.879. The van der Waals surface area contributed by atoms with Crippen LogP contribution in [0.1, 0.15) is 34.5 Å². The second-order valence-corrected chi connectivity index (χ2v) is 7.29. The van der Waals surface area contributed by atoms with Crippen LogP contribution >= 0.6 is 0 Å². The van der Waals surface area contributed by atoms with Crippen molar-refractivity contribution in [3.63, 3.8) is 0 Å². The Balaban J connectivity index is 1.51. The van der Waals surface area contributed by atoms with Gasteiger partial charge in [0.2, 0.25) is 0 Å². The molecule has 1 N–H and O–H groups in total.